The topological polar surface area (TPSA) is 75.7 Å². The molecule has 1 amide bonds. The Hall–Kier alpha value is -2.25. The molecule has 0 aliphatic heterocycles. The van der Waals surface area contributed by atoms with Gasteiger partial charge >= 0.3 is 0 Å². The van der Waals surface area contributed by atoms with Crippen LogP contribution in [-0.2, 0) is 21.4 Å². The van der Waals surface area contributed by atoms with Gasteiger partial charge in [0.2, 0.25) is 15.9 Å². The first kappa shape index (κ1) is 22.0. The number of amides is 1. The first-order chi connectivity index (χ1) is 13.1. The molecule has 0 aliphatic rings. The van der Waals surface area contributed by atoms with Crippen molar-refractivity contribution in [3.63, 3.8) is 0 Å². The number of anilines is 1. The summed E-state index contributed by atoms with van der Waals surface area (Å²) < 4.78 is 31.2. The van der Waals surface area contributed by atoms with Gasteiger partial charge in [-0.1, -0.05) is 29.8 Å². The molecule has 0 saturated heterocycles. The number of carbonyl (C=O) groups is 1. The molecule has 8 heteroatoms. The molecule has 2 aromatic carbocycles. The van der Waals surface area contributed by atoms with Crippen LogP contribution >= 0.6 is 11.6 Å². The van der Waals surface area contributed by atoms with Gasteiger partial charge in [-0.2, -0.15) is 0 Å². The van der Waals surface area contributed by atoms with Crippen molar-refractivity contribution in [3.05, 3.63) is 58.6 Å². The number of sulfonamides is 1. The Morgan fingerprint density at radius 2 is 1.96 bits per heavy atom. The highest BCUT2D eigenvalue weighted by atomic mass is 35.5. The molecular weight excluding hydrogens is 400 g/mol. The highest BCUT2D eigenvalue weighted by Gasteiger charge is 2.29. The lowest BCUT2D eigenvalue weighted by molar-refractivity contribution is -0.122. The highest BCUT2D eigenvalue weighted by Crippen LogP contribution is 2.26. The second kappa shape index (κ2) is 9.30. The number of hydrogen-bond acceptors (Lipinski definition) is 4. The van der Waals surface area contributed by atoms with Gasteiger partial charge in [-0.3, -0.25) is 9.10 Å². The smallest absolute Gasteiger partial charge is 0.243 e. The van der Waals surface area contributed by atoms with Crippen molar-refractivity contribution in [1.82, 2.24) is 5.32 Å². The number of hydrogen-bond donors (Lipinski definition) is 1. The van der Waals surface area contributed by atoms with Crippen LogP contribution in [0.15, 0.2) is 42.5 Å². The molecule has 0 fully saturated rings. The van der Waals surface area contributed by atoms with E-state index >= 15 is 0 Å². The highest BCUT2D eigenvalue weighted by molar-refractivity contribution is 7.92. The van der Waals surface area contributed by atoms with Crippen LogP contribution in [0.25, 0.3) is 0 Å². The normalized spacial score (nSPS) is 12.3. The monoisotopic (exact) mass is 424 g/mol. The Morgan fingerprint density at radius 3 is 2.57 bits per heavy atom. The number of nitrogens with zero attached hydrogens (tertiary/aromatic N) is 1. The van der Waals surface area contributed by atoms with E-state index in [-0.39, 0.29) is 6.54 Å². The van der Waals surface area contributed by atoms with E-state index in [9.17, 15) is 13.2 Å². The molecule has 2 aromatic rings. The summed E-state index contributed by atoms with van der Waals surface area (Å²) >= 11 is 6.14. The van der Waals surface area contributed by atoms with Crippen molar-refractivity contribution in [3.8, 4) is 5.75 Å². The summed E-state index contributed by atoms with van der Waals surface area (Å²) in [6.45, 7) is 6.07. The molecule has 0 saturated carbocycles. The predicted octanol–water partition coefficient (Wildman–Crippen LogP) is 3.52. The fourth-order valence-electron chi connectivity index (χ4n) is 2.78. The SMILES string of the molecule is CCOc1cccc(CNC(=O)[C@@H](C)N(c2ccc(C)c(Cl)c2)S(C)(=O)=O)c1. The third-order valence-electron chi connectivity index (χ3n) is 4.17. The van der Waals surface area contributed by atoms with Crippen LogP contribution in [0.4, 0.5) is 5.69 Å². The third kappa shape index (κ3) is 5.62. The van der Waals surface area contributed by atoms with Gasteiger partial charge in [0.1, 0.15) is 11.8 Å². The average molecular weight is 425 g/mol. The summed E-state index contributed by atoms with van der Waals surface area (Å²) in [6, 6.07) is 11.3. The van der Waals surface area contributed by atoms with Crippen molar-refractivity contribution >= 4 is 33.2 Å². The van der Waals surface area contributed by atoms with E-state index in [1.807, 2.05) is 38.1 Å². The standard InChI is InChI=1S/C20H25ClN2O4S/c1-5-27-18-8-6-7-16(11-18)13-22-20(24)15(3)23(28(4,25)26)17-10-9-14(2)19(21)12-17/h6-12,15H,5,13H2,1-4H3,(H,22,24)/t15-/m1/s1. The van der Waals surface area contributed by atoms with Gasteiger partial charge in [0.05, 0.1) is 18.6 Å². The quantitative estimate of drug-likeness (QED) is 0.703. The van der Waals surface area contributed by atoms with Crippen molar-refractivity contribution in [2.75, 3.05) is 17.2 Å². The Kier molecular flexibility index (Phi) is 7.32. The van der Waals surface area contributed by atoms with E-state index in [0.29, 0.717) is 23.1 Å². The largest absolute Gasteiger partial charge is 0.494 e. The Bertz CT molecular complexity index is 947. The van der Waals surface area contributed by atoms with Crippen molar-refractivity contribution < 1.29 is 17.9 Å². The molecule has 152 valence electrons. The van der Waals surface area contributed by atoms with Gasteiger partial charge in [0.15, 0.2) is 0 Å². The minimum absolute atomic E-state index is 0.260. The lowest BCUT2D eigenvalue weighted by Crippen LogP contribution is -2.47. The first-order valence-electron chi connectivity index (χ1n) is 8.88. The Labute approximate surface area is 171 Å². The van der Waals surface area contributed by atoms with Crippen LogP contribution in [-0.4, -0.2) is 33.2 Å². The summed E-state index contributed by atoms with van der Waals surface area (Å²) in [6.07, 6.45) is 1.07. The fourth-order valence-corrected chi connectivity index (χ4v) is 4.12. The maximum Gasteiger partial charge on any atom is 0.243 e. The lowest BCUT2D eigenvalue weighted by Gasteiger charge is -2.28. The molecule has 1 N–H and O–H groups in total. The molecule has 1 atom stereocenters. The summed E-state index contributed by atoms with van der Waals surface area (Å²) in [5.74, 6) is 0.304. The molecule has 0 heterocycles. The fraction of sp³-hybridized carbons (Fsp3) is 0.350. The van der Waals surface area contributed by atoms with Gasteiger partial charge in [0, 0.05) is 11.6 Å². The van der Waals surface area contributed by atoms with E-state index in [1.54, 1.807) is 25.1 Å². The average Bonchev–Trinajstić information content (AvgIpc) is 2.62. The maximum atomic E-state index is 12.7. The van der Waals surface area contributed by atoms with E-state index < -0.39 is 22.0 Å². The third-order valence-corrected chi connectivity index (χ3v) is 5.82. The summed E-state index contributed by atoms with van der Waals surface area (Å²) in [4.78, 5) is 12.7. The van der Waals surface area contributed by atoms with Gasteiger partial charge < -0.3 is 10.1 Å². The molecular formula is C20H25ClN2O4S. The molecule has 0 aromatic heterocycles. The molecule has 0 aliphatic carbocycles. The number of rotatable bonds is 8. The number of benzene rings is 2. The summed E-state index contributed by atoms with van der Waals surface area (Å²) in [5, 5.41) is 3.22. The van der Waals surface area contributed by atoms with Crippen molar-refractivity contribution in [2.45, 2.75) is 33.4 Å². The van der Waals surface area contributed by atoms with Gasteiger partial charge in [-0.15, -0.1) is 0 Å². The number of carbonyl (C=O) groups excluding carboxylic acids is 1. The van der Waals surface area contributed by atoms with E-state index in [4.69, 9.17) is 16.3 Å². The van der Waals surface area contributed by atoms with E-state index in [2.05, 4.69) is 5.32 Å². The zero-order valence-electron chi connectivity index (χ0n) is 16.4. The predicted molar refractivity (Wildman–Crippen MR) is 112 cm³/mol. The van der Waals surface area contributed by atoms with Crippen LogP contribution in [0.1, 0.15) is 25.0 Å². The Morgan fingerprint density at radius 1 is 1.25 bits per heavy atom. The minimum Gasteiger partial charge on any atom is -0.494 e. The van der Waals surface area contributed by atoms with E-state index in [0.717, 1.165) is 21.7 Å². The molecule has 2 rings (SSSR count). The van der Waals surface area contributed by atoms with Crippen LogP contribution in [0, 0.1) is 6.92 Å². The van der Waals surface area contributed by atoms with Crippen LogP contribution in [0.2, 0.25) is 5.02 Å². The molecule has 28 heavy (non-hydrogen) atoms. The summed E-state index contributed by atoms with van der Waals surface area (Å²) in [7, 11) is -3.69. The van der Waals surface area contributed by atoms with Gasteiger partial charge in [0.25, 0.3) is 0 Å². The first-order valence-corrected chi connectivity index (χ1v) is 11.1. The lowest BCUT2D eigenvalue weighted by atomic mass is 10.2. The van der Waals surface area contributed by atoms with Crippen molar-refractivity contribution in [1.29, 1.82) is 0 Å². The van der Waals surface area contributed by atoms with E-state index in [1.165, 1.54) is 0 Å². The zero-order valence-corrected chi connectivity index (χ0v) is 18.0. The molecule has 0 unspecified atom stereocenters. The summed E-state index contributed by atoms with van der Waals surface area (Å²) in [5.41, 5.74) is 2.03. The molecule has 0 bridgehead atoms. The maximum absolute atomic E-state index is 12.7. The molecule has 0 radical (unpaired) electrons. The molecule has 0 spiro atoms. The number of halogens is 1. The van der Waals surface area contributed by atoms with Crippen molar-refractivity contribution in [2.24, 2.45) is 0 Å². The van der Waals surface area contributed by atoms with Gasteiger partial charge in [-0.25, -0.2) is 8.42 Å². The molecule has 6 nitrogen and oxygen atoms in total. The van der Waals surface area contributed by atoms with Crippen LogP contribution < -0.4 is 14.4 Å². The Balaban J connectivity index is 2.17. The number of aryl methyl sites for hydroxylation is 1. The number of nitrogens with one attached hydrogen (secondary N) is 1. The van der Waals surface area contributed by atoms with Gasteiger partial charge in [-0.05, 0) is 56.2 Å². The number of ether oxygens (including phenoxy) is 1. The van der Waals surface area contributed by atoms with Crippen LogP contribution in [0.3, 0.4) is 0 Å². The second-order valence-corrected chi connectivity index (χ2v) is 8.73. The second-order valence-electron chi connectivity index (χ2n) is 6.47. The van der Waals surface area contributed by atoms with Crippen LogP contribution in [0.5, 0.6) is 5.75 Å². The zero-order chi connectivity index (χ0) is 20.9. The minimum atomic E-state index is -3.69.